The highest BCUT2D eigenvalue weighted by Gasteiger charge is 2.16. The van der Waals surface area contributed by atoms with Crippen LogP contribution in [0.25, 0.3) is 0 Å². The van der Waals surface area contributed by atoms with E-state index in [0.29, 0.717) is 5.69 Å². The van der Waals surface area contributed by atoms with Gasteiger partial charge in [0.25, 0.3) is 5.91 Å². The van der Waals surface area contributed by atoms with Crippen molar-refractivity contribution in [2.24, 2.45) is 5.73 Å². The zero-order chi connectivity index (χ0) is 14.7. The molecule has 1 atom stereocenters. The van der Waals surface area contributed by atoms with Crippen LogP contribution in [0.5, 0.6) is 0 Å². The zero-order valence-corrected chi connectivity index (χ0v) is 11.4. The number of aryl methyl sites for hydroxylation is 2. The fraction of sp³-hybridized carbons (Fsp3) is 0.286. The Labute approximate surface area is 116 Å². The molecule has 0 aliphatic carbocycles. The molecule has 2 aromatic rings. The molecule has 6 nitrogen and oxygen atoms in total. The first kappa shape index (κ1) is 14.2. The Morgan fingerprint density at radius 2 is 2.05 bits per heavy atom. The number of aliphatic hydroxyl groups is 1. The largest absolute Gasteiger partial charge is 0.446 e. The summed E-state index contributed by atoms with van der Waals surface area (Å²) < 4.78 is 5.07. The number of nitrogens with zero attached hydrogens (tertiary/aromatic N) is 1. The maximum atomic E-state index is 12.0. The summed E-state index contributed by atoms with van der Waals surface area (Å²) in [4.78, 5) is 16.0. The summed E-state index contributed by atoms with van der Waals surface area (Å²) in [6.07, 6.45) is 1.23. The lowest BCUT2D eigenvalue weighted by atomic mass is 10.1. The summed E-state index contributed by atoms with van der Waals surface area (Å²) in [6.45, 7) is 3.62. The molecule has 4 N–H and O–H groups in total. The number of nitrogens with two attached hydrogens (primary N) is 1. The lowest BCUT2D eigenvalue weighted by Crippen LogP contribution is -2.16. The van der Waals surface area contributed by atoms with E-state index in [1.807, 2.05) is 32.0 Å². The van der Waals surface area contributed by atoms with E-state index in [4.69, 9.17) is 15.3 Å². The number of anilines is 1. The molecule has 2 rings (SSSR count). The van der Waals surface area contributed by atoms with Gasteiger partial charge >= 0.3 is 0 Å². The molecule has 0 saturated heterocycles. The van der Waals surface area contributed by atoms with Gasteiger partial charge in [-0.1, -0.05) is 6.07 Å². The number of aliphatic hydroxyl groups excluding tert-OH is 1. The van der Waals surface area contributed by atoms with E-state index in [0.717, 1.165) is 11.1 Å². The van der Waals surface area contributed by atoms with Crippen LogP contribution in [0.3, 0.4) is 0 Å². The molecule has 0 radical (unpaired) electrons. The van der Waals surface area contributed by atoms with E-state index in [1.165, 1.54) is 6.26 Å². The average Bonchev–Trinajstić information content (AvgIpc) is 2.86. The number of benzene rings is 1. The van der Waals surface area contributed by atoms with Crippen molar-refractivity contribution in [1.82, 2.24) is 4.98 Å². The lowest BCUT2D eigenvalue weighted by Gasteiger charge is -2.05. The first-order valence-corrected chi connectivity index (χ1v) is 6.21. The summed E-state index contributed by atoms with van der Waals surface area (Å²) in [5.41, 5.74) is 8.51. The molecular weight excluding hydrogens is 258 g/mol. The van der Waals surface area contributed by atoms with Crippen LogP contribution in [-0.4, -0.2) is 22.6 Å². The van der Waals surface area contributed by atoms with Crippen molar-refractivity contribution in [2.45, 2.75) is 19.9 Å². The van der Waals surface area contributed by atoms with Gasteiger partial charge in [0.15, 0.2) is 5.69 Å². The molecule has 1 unspecified atom stereocenters. The van der Waals surface area contributed by atoms with Crippen LogP contribution in [-0.2, 0) is 0 Å². The minimum Gasteiger partial charge on any atom is -0.446 e. The van der Waals surface area contributed by atoms with E-state index in [9.17, 15) is 4.79 Å². The van der Waals surface area contributed by atoms with Crippen molar-refractivity contribution in [1.29, 1.82) is 0 Å². The normalized spacial score (nSPS) is 12.2. The minimum absolute atomic E-state index is 0.128. The fourth-order valence-corrected chi connectivity index (χ4v) is 1.88. The Bertz CT molecular complexity index is 602. The quantitative estimate of drug-likeness (QED) is 0.785. The number of carbonyl (C=O) groups excluding carboxylic acids is 1. The third-order valence-corrected chi connectivity index (χ3v) is 2.75. The number of hydrogen-bond acceptors (Lipinski definition) is 5. The molecule has 1 amide bonds. The van der Waals surface area contributed by atoms with E-state index >= 15 is 0 Å². The third-order valence-electron chi connectivity index (χ3n) is 2.75. The van der Waals surface area contributed by atoms with Crippen molar-refractivity contribution >= 4 is 11.6 Å². The van der Waals surface area contributed by atoms with Crippen LogP contribution < -0.4 is 11.1 Å². The van der Waals surface area contributed by atoms with E-state index < -0.39 is 6.04 Å². The summed E-state index contributed by atoms with van der Waals surface area (Å²) in [5, 5.41) is 11.7. The highest BCUT2D eigenvalue weighted by molar-refractivity contribution is 6.02. The lowest BCUT2D eigenvalue weighted by molar-refractivity contribution is 0.102. The molecule has 0 fully saturated rings. The molecule has 6 heteroatoms. The Balaban J connectivity index is 2.13. The predicted octanol–water partition coefficient (Wildman–Crippen LogP) is 1.54. The smallest absolute Gasteiger partial charge is 0.277 e. The minimum atomic E-state index is -0.724. The number of hydrogen-bond donors (Lipinski definition) is 3. The van der Waals surface area contributed by atoms with Gasteiger partial charge in [0.05, 0.1) is 6.61 Å². The molecule has 20 heavy (non-hydrogen) atoms. The van der Waals surface area contributed by atoms with Gasteiger partial charge in [-0.25, -0.2) is 4.98 Å². The van der Waals surface area contributed by atoms with E-state index in [1.54, 1.807) is 0 Å². The molecule has 0 spiro atoms. The molecule has 106 valence electrons. The number of amides is 1. The number of aromatic nitrogens is 1. The van der Waals surface area contributed by atoms with Crippen molar-refractivity contribution in [3.63, 3.8) is 0 Å². The topological polar surface area (TPSA) is 101 Å². The average molecular weight is 275 g/mol. The Hall–Kier alpha value is -2.18. The molecular formula is C14H17N3O3. The summed E-state index contributed by atoms with van der Waals surface area (Å²) in [6, 6.07) is 5.03. The highest BCUT2D eigenvalue weighted by atomic mass is 16.3. The highest BCUT2D eigenvalue weighted by Crippen LogP contribution is 2.16. The van der Waals surface area contributed by atoms with Crippen molar-refractivity contribution in [3.8, 4) is 0 Å². The number of oxazole rings is 1. The SMILES string of the molecule is Cc1cc(C)cc(NC(=O)c2coc(C(N)CO)n2)c1. The van der Waals surface area contributed by atoms with Crippen molar-refractivity contribution in [2.75, 3.05) is 11.9 Å². The zero-order valence-electron chi connectivity index (χ0n) is 11.4. The monoisotopic (exact) mass is 275 g/mol. The Kier molecular flexibility index (Phi) is 4.16. The van der Waals surface area contributed by atoms with Gasteiger partial charge in [-0.3, -0.25) is 4.79 Å². The molecule has 1 aromatic heterocycles. The van der Waals surface area contributed by atoms with Gasteiger partial charge in [0, 0.05) is 5.69 Å². The van der Waals surface area contributed by atoms with Gasteiger partial charge in [-0.2, -0.15) is 0 Å². The maximum Gasteiger partial charge on any atom is 0.277 e. The van der Waals surface area contributed by atoms with Crippen molar-refractivity contribution < 1.29 is 14.3 Å². The summed E-state index contributed by atoms with van der Waals surface area (Å²) in [7, 11) is 0. The van der Waals surface area contributed by atoms with Gasteiger partial charge < -0.3 is 20.6 Å². The van der Waals surface area contributed by atoms with E-state index in [-0.39, 0.29) is 24.1 Å². The van der Waals surface area contributed by atoms with Gasteiger partial charge in [0.1, 0.15) is 12.3 Å². The molecule has 0 saturated carbocycles. The third kappa shape index (κ3) is 3.23. The number of nitrogens with one attached hydrogen (secondary N) is 1. The van der Waals surface area contributed by atoms with Gasteiger partial charge in [0.2, 0.25) is 5.89 Å². The number of rotatable bonds is 4. The second-order valence-electron chi connectivity index (χ2n) is 4.69. The Morgan fingerprint density at radius 3 is 2.65 bits per heavy atom. The van der Waals surface area contributed by atoms with Crippen LogP contribution in [0, 0.1) is 13.8 Å². The molecule has 1 heterocycles. The second kappa shape index (κ2) is 5.85. The molecule has 0 bridgehead atoms. The van der Waals surface area contributed by atoms with Crippen LogP contribution in [0.15, 0.2) is 28.9 Å². The predicted molar refractivity (Wildman–Crippen MR) is 74.4 cm³/mol. The maximum absolute atomic E-state index is 12.0. The first-order chi connectivity index (χ1) is 9.49. The number of carbonyl (C=O) groups is 1. The van der Waals surface area contributed by atoms with Gasteiger partial charge in [-0.05, 0) is 37.1 Å². The van der Waals surface area contributed by atoms with Crippen molar-refractivity contribution in [3.05, 3.63) is 47.2 Å². The summed E-state index contributed by atoms with van der Waals surface area (Å²) >= 11 is 0. The van der Waals surface area contributed by atoms with Crippen LogP contribution in [0.2, 0.25) is 0 Å². The molecule has 1 aromatic carbocycles. The fourth-order valence-electron chi connectivity index (χ4n) is 1.88. The first-order valence-electron chi connectivity index (χ1n) is 6.21. The molecule has 0 aliphatic rings. The van der Waals surface area contributed by atoms with Gasteiger partial charge in [-0.15, -0.1) is 0 Å². The van der Waals surface area contributed by atoms with Crippen LogP contribution in [0.1, 0.15) is 33.5 Å². The van der Waals surface area contributed by atoms with E-state index in [2.05, 4.69) is 10.3 Å². The molecule has 0 aliphatic heterocycles. The Morgan fingerprint density at radius 1 is 1.40 bits per heavy atom. The second-order valence-corrected chi connectivity index (χ2v) is 4.69. The summed E-state index contributed by atoms with van der Waals surface area (Å²) in [5.74, 6) is -0.242. The van der Waals surface area contributed by atoms with Crippen LogP contribution in [0.4, 0.5) is 5.69 Å². The van der Waals surface area contributed by atoms with Crippen LogP contribution >= 0.6 is 0 Å². The standard InChI is InChI=1S/C14H17N3O3/c1-8-3-9(2)5-10(4-8)16-13(19)12-7-20-14(17-12)11(15)6-18/h3-5,7,11,18H,6,15H2,1-2H3,(H,16,19).